The lowest BCUT2D eigenvalue weighted by Gasteiger charge is -2.24. The van der Waals surface area contributed by atoms with Crippen LogP contribution in [0.5, 0.6) is 0 Å². The molecule has 0 saturated carbocycles. The third-order valence-electron chi connectivity index (χ3n) is 5.30. The second kappa shape index (κ2) is 10.7. The first-order valence-electron chi connectivity index (χ1n) is 10.2. The normalized spacial score (nSPS) is 11.5. The van der Waals surface area contributed by atoms with Crippen molar-refractivity contribution < 1.29 is 9.18 Å². The number of benzene rings is 3. The average molecular weight is 464 g/mol. The molecule has 1 heterocycles. The van der Waals surface area contributed by atoms with Crippen molar-refractivity contribution in [3.8, 4) is 11.1 Å². The van der Waals surface area contributed by atoms with Crippen molar-refractivity contribution in [2.24, 2.45) is 5.73 Å². The summed E-state index contributed by atoms with van der Waals surface area (Å²) >= 11 is 0. The molecule has 4 rings (SSSR count). The number of carbonyl (C=O) groups excluding carboxylic acids is 1. The molecule has 0 aliphatic rings. The predicted molar refractivity (Wildman–Crippen MR) is 131 cm³/mol. The van der Waals surface area contributed by atoms with Crippen LogP contribution in [0.3, 0.4) is 0 Å². The Morgan fingerprint density at radius 1 is 0.879 bits per heavy atom. The molecule has 0 radical (unpaired) electrons. The van der Waals surface area contributed by atoms with Crippen LogP contribution in [-0.4, -0.2) is 16.9 Å². The number of H-pyrrole nitrogens is 1. The molecule has 0 saturated heterocycles. The van der Waals surface area contributed by atoms with Crippen LogP contribution in [0.2, 0.25) is 0 Å². The van der Waals surface area contributed by atoms with Gasteiger partial charge in [-0.3, -0.25) is 9.59 Å². The summed E-state index contributed by atoms with van der Waals surface area (Å²) < 4.78 is 14.7. The van der Waals surface area contributed by atoms with Crippen molar-refractivity contribution in [3.63, 3.8) is 0 Å². The van der Waals surface area contributed by atoms with Crippen molar-refractivity contribution in [1.29, 1.82) is 0 Å². The van der Waals surface area contributed by atoms with Gasteiger partial charge in [-0.2, -0.15) is 0 Å². The summed E-state index contributed by atoms with van der Waals surface area (Å²) in [6.45, 7) is 0. The Bertz CT molecular complexity index is 1240. The molecule has 0 spiro atoms. The van der Waals surface area contributed by atoms with E-state index in [0.29, 0.717) is 5.56 Å². The zero-order valence-electron chi connectivity index (χ0n) is 17.6. The van der Waals surface area contributed by atoms with Crippen molar-refractivity contribution >= 4 is 24.0 Å². The number of aromatic nitrogens is 1. The Morgan fingerprint density at radius 3 is 2.03 bits per heavy atom. The highest BCUT2D eigenvalue weighted by Crippen LogP contribution is 2.29. The van der Waals surface area contributed by atoms with Crippen LogP contribution in [0.15, 0.2) is 102 Å². The molecule has 33 heavy (non-hydrogen) atoms. The molecule has 4 N–H and O–H groups in total. The molecule has 4 aromatic rings. The Hall–Kier alpha value is -3.74. The summed E-state index contributed by atoms with van der Waals surface area (Å²) in [5.41, 5.74) is 8.92. The van der Waals surface area contributed by atoms with Gasteiger partial charge in [-0.05, 0) is 41.0 Å². The fraction of sp³-hybridized carbons (Fsp3) is 0.0769. The molecule has 0 aliphatic heterocycles. The number of pyridine rings is 1. The lowest BCUT2D eigenvalue weighted by molar-refractivity contribution is -0.117. The van der Waals surface area contributed by atoms with Gasteiger partial charge in [-0.1, -0.05) is 60.7 Å². The third kappa shape index (κ3) is 5.55. The van der Waals surface area contributed by atoms with E-state index in [1.165, 1.54) is 24.4 Å². The van der Waals surface area contributed by atoms with Gasteiger partial charge in [0.15, 0.2) is 0 Å². The van der Waals surface area contributed by atoms with E-state index in [4.69, 9.17) is 5.73 Å². The summed E-state index contributed by atoms with van der Waals surface area (Å²) in [4.78, 5) is 27.0. The zero-order valence-corrected chi connectivity index (χ0v) is 18.4. The van der Waals surface area contributed by atoms with Crippen molar-refractivity contribution in [1.82, 2.24) is 4.98 Å². The molecule has 1 aromatic heterocycles. The van der Waals surface area contributed by atoms with Crippen molar-refractivity contribution in [2.45, 2.75) is 12.0 Å². The topological polar surface area (TPSA) is 88.0 Å². The van der Waals surface area contributed by atoms with Gasteiger partial charge in [0.25, 0.3) is 0 Å². The van der Waals surface area contributed by atoms with E-state index in [1.807, 2.05) is 60.7 Å². The van der Waals surface area contributed by atoms with E-state index < -0.39 is 17.8 Å². The minimum atomic E-state index is -0.893. The second-order valence-electron chi connectivity index (χ2n) is 7.45. The summed E-state index contributed by atoms with van der Waals surface area (Å²) in [5.74, 6) is -1.34. The van der Waals surface area contributed by atoms with Gasteiger partial charge in [0.2, 0.25) is 11.5 Å². The first-order valence-corrected chi connectivity index (χ1v) is 10.2. The highest BCUT2D eigenvalue weighted by atomic mass is 35.5. The van der Waals surface area contributed by atoms with Crippen LogP contribution in [0.1, 0.15) is 17.0 Å². The zero-order chi connectivity index (χ0) is 22.5. The van der Waals surface area contributed by atoms with Crippen LogP contribution in [0.4, 0.5) is 10.1 Å². The first kappa shape index (κ1) is 23.9. The number of carbonyl (C=O) groups is 1. The number of hydrogen-bond donors (Lipinski definition) is 3. The van der Waals surface area contributed by atoms with Gasteiger partial charge in [0.05, 0.1) is 6.04 Å². The van der Waals surface area contributed by atoms with Gasteiger partial charge in [0.1, 0.15) is 5.82 Å². The van der Waals surface area contributed by atoms with E-state index in [0.717, 1.165) is 11.1 Å². The van der Waals surface area contributed by atoms with Crippen LogP contribution in [-0.2, 0) is 4.79 Å². The highest BCUT2D eigenvalue weighted by molar-refractivity contribution is 5.96. The highest BCUT2D eigenvalue weighted by Gasteiger charge is 2.27. The van der Waals surface area contributed by atoms with Crippen molar-refractivity contribution in [3.05, 3.63) is 124 Å². The quantitative estimate of drug-likeness (QED) is 0.387. The van der Waals surface area contributed by atoms with Crippen LogP contribution < -0.4 is 16.6 Å². The Morgan fingerprint density at radius 2 is 1.48 bits per heavy atom. The largest absolute Gasteiger partial charge is 0.329 e. The van der Waals surface area contributed by atoms with E-state index in [-0.39, 0.29) is 35.1 Å². The molecular formula is C26H23ClFN3O2. The summed E-state index contributed by atoms with van der Waals surface area (Å²) in [7, 11) is 0. The maximum absolute atomic E-state index is 14.7. The van der Waals surface area contributed by atoms with Gasteiger partial charge in [-0.15, -0.1) is 12.4 Å². The third-order valence-corrected chi connectivity index (χ3v) is 5.30. The number of halogens is 2. The lowest BCUT2D eigenvalue weighted by Crippen LogP contribution is -2.41. The monoisotopic (exact) mass is 463 g/mol. The predicted octanol–water partition coefficient (Wildman–Crippen LogP) is 4.70. The Balaban J connectivity index is 0.00000306. The molecule has 0 aliphatic carbocycles. The van der Waals surface area contributed by atoms with Gasteiger partial charge in [-0.25, -0.2) is 4.39 Å². The number of nitrogens with two attached hydrogens (primary N) is 1. The van der Waals surface area contributed by atoms with E-state index in [1.54, 1.807) is 12.1 Å². The molecule has 1 amide bonds. The minimum Gasteiger partial charge on any atom is -0.329 e. The van der Waals surface area contributed by atoms with E-state index >= 15 is 0 Å². The second-order valence-corrected chi connectivity index (χ2v) is 7.45. The van der Waals surface area contributed by atoms with Crippen LogP contribution in [0.25, 0.3) is 11.1 Å². The molecule has 5 nitrogen and oxygen atoms in total. The van der Waals surface area contributed by atoms with Gasteiger partial charge >= 0.3 is 0 Å². The number of rotatable bonds is 6. The summed E-state index contributed by atoms with van der Waals surface area (Å²) in [5, 5.41) is 2.72. The molecule has 0 fully saturated rings. The molecule has 1 atom stereocenters. The first-order chi connectivity index (χ1) is 15.5. The average Bonchev–Trinajstić information content (AvgIpc) is 2.80. The smallest absolute Gasteiger partial charge is 0.248 e. The van der Waals surface area contributed by atoms with Crippen molar-refractivity contribution in [2.75, 3.05) is 5.32 Å². The fourth-order valence-corrected chi connectivity index (χ4v) is 3.74. The molecule has 168 valence electrons. The number of hydrogen-bond acceptors (Lipinski definition) is 3. The number of amides is 1. The maximum Gasteiger partial charge on any atom is 0.248 e. The summed E-state index contributed by atoms with van der Waals surface area (Å²) in [6.07, 6.45) is 1.46. The standard InChI is InChI=1S/C26H22FN3O2.ClH/c27-22-16-20(11-12-21(22)19-13-14-29-23(31)15-19)30-26(32)25(28)24(17-7-3-1-4-8-17)18-9-5-2-6-10-18;/h1-16,24-25H,28H2,(H,29,31)(H,30,32);1H. The molecule has 7 heteroatoms. The maximum atomic E-state index is 14.7. The lowest BCUT2D eigenvalue weighted by atomic mass is 9.85. The van der Waals surface area contributed by atoms with E-state index in [2.05, 4.69) is 10.3 Å². The fourth-order valence-electron chi connectivity index (χ4n) is 3.74. The molecule has 3 aromatic carbocycles. The molecule has 1 unspecified atom stereocenters. The molecule has 0 bridgehead atoms. The van der Waals surface area contributed by atoms with Gasteiger partial charge in [0, 0.05) is 29.4 Å². The Labute approximate surface area is 196 Å². The number of aromatic amines is 1. The van der Waals surface area contributed by atoms with Gasteiger partial charge < -0.3 is 16.0 Å². The van der Waals surface area contributed by atoms with Crippen LogP contribution >= 0.6 is 12.4 Å². The number of nitrogens with one attached hydrogen (secondary N) is 2. The molecular weight excluding hydrogens is 441 g/mol. The SMILES string of the molecule is Cl.NC(C(=O)Nc1ccc(-c2cc[nH]c(=O)c2)c(F)c1)C(c1ccccc1)c1ccccc1. The minimum absolute atomic E-state index is 0. The summed E-state index contributed by atoms with van der Waals surface area (Å²) in [6, 6.07) is 25.5. The Kier molecular flexibility index (Phi) is 7.77. The van der Waals surface area contributed by atoms with E-state index in [9.17, 15) is 14.0 Å². The number of anilines is 1. The van der Waals surface area contributed by atoms with Crippen LogP contribution in [0, 0.1) is 5.82 Å².